The monoisotopic (exact) mass is 221 g/mol. The Morgan fingerprint density at radius 1 is 1.19 bits per heavy atom. The van der Waals surface area contributed by atoms with Gasteiger partial charge in [0.1, 0.15) is 0 Å². The van der Waals surface area contributed by atoms with Crippen LogP contribution in [0.1, 0.15) is 38.7 Å². The third-order valence-electron chi connectivity index (χ3n) is 2.49. The van der Waals surface area contributed by atoms with Gasteiger partial charge in [-0.15, -0.1) is 0 Å². The maximum absolute atomic E-state index is 5.44. The molecule has 0 fully saturated rings. The fourth-order valence-electron chi connectivity index (χ4n) is 1.67. The van der Waals surface area contributed by atoms with E-state index in [-0.39, 0.29) is 0 Å². The molecule has 0 bridgehead atoms. The van der Waals surface area contributed by atoms with Crippen LogP contribution < -0.4 is 5.32 Å². The number of nitrogens with one attached hydrogen (secondary N) is 1. The molecule has 1 aromatic carbocycles. The van der Waals surface area contributed by atoms with Gasteiger partial charge in [0.2, 0.25) is 0 Å². The lowest BCUT2D eigenvalue weighted by Gasteiger charge is -2.14. The van der Waals surface area contributed by atoms with Gasteiger partial charge in [-0.2, -0.15) is 0 Å². The highest BCUT2D eigenvalue weighted by Gasteiger charge is 2.04. The molecule has 0 radical (unpaired) electrons. The lowest BCUT2D eigenvalue weighted by atomic mass is 10.0. The summed E-state index contributed by atoms with van der Waals surface area (Å²) in [4.78, 5) is 0. The highest BCUT2D eigenvalue weighted by atomic mass is 16.5. The number of rotatable bonds is 7. The molecular weight excluding hydrogens is 198 g/mol. The highest BCUT2D eigenvalue weighted by molar-refractivity contribution is 5.52. The van der Waals surface area contributed by atoms with Gasteiger partial charge >= 0.3 is 0 Å². The van der Waals surface area contributed by atoms with Gasteiger partial charge in [-0.1, -0.05) is 39.0 Å². The Bertz CT molecular complexity index is 297. The zero-order valence-electron chi connectivity index (χ0n) is 10.6. The van der Waals surface area contributed by atoms with Gasteiger partial charge in [-0.05, 0) is 24.0 Å². The van der Waals surface area contributed by atoms with Crippen LogP contribution >= 0.6 is 0 Å². The summed E-state index contributed by atoms with van der Waals surface area (Å²) in [5.41, 5.74) is 2.61. The van der Waals surface area contributed by atoms with E-state index in [9.17, 15) is 0 Å². The molecule has 0 aliphatic carbocycles. The van der Waals surface area contributed by atoms with Crippen molar-refractivity contribution in [3.8, 4) is 0 Å². The quantitative estimate of drug-likeness (QED) is 0.710. The van der Waals surface area contributed by atoms with Gasteiger partial charge < -0.3 is 10.1 Å². The molecule has 0 aliphatic rings. The van der Waals surface area contributed by atoms with E-state index >= 15 is 0 Å². The van der Waals surface area contributed by atoms with Gasteiger partial charge in [0.05, 0.1) is 6.61 Å². The van der Waals surface area contributed by atoms with Crippen molar-refractivity contribution in [3.63, 3.8) is 0 Å². The minimum absolute atomic E-state index is 0.556. The molecular formula is C14H23NO. The third-order valence-corrected chi connectivity index (χ3v) is 2.49. The first kappa shape index (κ1) is 13.0. The van der Waals surface area contributed by atoms with Gasteiger partial charge in [0.15, 0.2) is 0 Å². The first-order valence-electron chi connectivity index (χ1n) is 6.16. The molecule has 0 saturated carbocycles. The summed E-state index contributed by atoms with van der Waals surface area (Å²) < 4.78 is 5.44. The van der Waals surface area contributed by atoms with Crippen LogP contribution in [0.15, 0.2) is 24.3 Å². The Labute approximate surface area is 99.0 Å². The van der Waals surface area contributed by atoms with Gasteiger partial charge in [-0.25, -0.2) is 0 Å². The van der Waals surface area contributed by atoms with E-state index in [1.807, 2.05) is 0 Å². The summed E-state index contributed by atoms with van der Waals surface area (Å²) >= 11 is 0. The van der Waals surface area contributed by atoms with Crippen molar-refractivity contribution in [1.82, 2.24) is 0 Å². The molecule has 0 saturated heterocycles. The van der Waals surface area contributed by atoms with Crippen molar-refractivity contribution in [2.45, 2.75) is 33.1 Å². The zero-order valence-corrected chi connectivity index (χ0v) is 10.6. The third kappa shape index (κ3) is 4.23. The number of hydrogen-bond acceptors (Lipinski definition) is 2. The van der Waals surface area contributed by atoms with E-state index in [4.69, 9.17) is 4.74 Å². The van der Waals surface area contributed by atoms with Crippen LogP contribution in [0.3, 0.4) is 0 Å². The van der Waals surface area contributed by atoms with Gasteiger partial charge in [0.25, 0.3) is 0 Å². The molecule has 0 aliphatic heterocycles. The fourth-order valence-corrected chi connectivity index (χ4v) is 1.67. The molecule has 16 heavy (non-hydrogen) atoms. The summed E-state index contributed by atoms with van der Waals surface area (Å²) in [5, 5.41) is 3.43. The van der Waals surface area contributed by atoms with Crippen molar-refractivity contribution in [2.24, 2.45) is 0 Å². The Morgan fingerprint density at radius 2 is 1.94 bits per heavy atom. The van der Waals surface area contributed by atoms with Gasteiger partial charge in [0, 0.05) is 18.8 Å². The van der Waals surface area contributed by atoms with E-state index in [0.717, 1.165) is 26.2 Å². The van der Waals surface area contributed by atoms with E-state index < -0.39 is 0 Å². The van der Waals surface area contributed by atoms with Crippen molar-refractivity contribution >= 4 is 5.69 Å². The smallest absolute Gasteiger partial charge is 0.0639 e. The zero-order chi connectivity index (χ0) is 11.8. The highest BCUT2D eigenvalue weighted by Crippen LogP contribution is 2.23. The molecule has 0 atom stereocenters. The van der Waals surface area contributed by atoms with Crippen LogP contribution in [-0.4, -0.2) is 19.8 Å². The Kier molecular flexibility index (Phi) is 5.94. The largest absolute Gasteiger partial charge is 0.382 e. The fraction of sp³-hybridized carbons (Fsp3) is 0.571. The lowest BCUT2D eigenvalue weighted by Crippen LogP contribution is -2.11. The number of anilines is 1. The van der Waals surface area contributed by atoms with Crippen LogP contribution in [0.5, 0.6) is 0 Å². The van der Waals surface area contributed by atoms with Crippen molar-refractivity contribution in [1.29, 1.82) is 0 Å². The summed E-state index contributed by atoms with van der Waals surface area (Å²) in [5.74, 6) is 0.556. The predicted molar refractivity (Wildman–Crippen MR) is 70.1 cm³/mol. The predicted octanol–water partition coefficient (Wildman–Crippen LogP) is 3.65. The van der Waals surface area contributed by atoms with Crippen LogP contribution in [0.4, 0.5) is 5.69 Å². The lowest BCUT2D eigenvalue weighted by molar-refractivity contribution is 0.144. The van der Waals surface area contributed by atoms with E-state index in [1.165, 1.54) is 11.3 Å². The first-order chi connectivity index (χ1) is 7.75. The minimum Gasteiger partial charge on any atom is -0.382 e. The Hall–Kier alpha value is -1.02. The van der Waals surface area contributed by atoms with Crippen LogP contribution in [-0.2, 0) is 4.74 Å². The van der Waals surface area contributed by atoms with Crippen molar-refractivity contribution < 1.29 is 4.74 Å². The maximum atomic E-state index is 5.44. The number of benzene rings is 1. The maximum Gasteiger partial charge on any atom is 0.0639 e. The summed E-state index contributed by atoms with van der Waals surface area (Å²) in [6.45, 7) is 9.07. The van der Waals surface area contributed by atoms with E-state index in [2.05, 4.69) is 50.4 Å². The molecule has 0 spiro atoms. The molecule has 0 amide bonds. The summed E-state index contributed by atoms with van der Waals surface area (Å²) in [6.07, 6.45) is 1.09. The number of ether oxygens (including phenoxy) is 1. The molecule has 1 N–H and O–H groups in total. The normalized spacial score (nSPS) is 10.8. The standard InChI is InChI=1S/C14H23NO/c1-4-10-16-11-9-15-14-8-6-5-7-13(14)12(2)3/h5-8,12,15H,4,9-11H2,1-3H3. The summed E-state index contributed by atoms with van der Waals surface area (Å²) in [6, 6.07) is 8.48. The SMILES string of the molecule is CCCOCCNc1ccccc1C(C)C. The van der Waals surface area contributed by atoms with E-state index in [1.54, 1.807) is 0 Å². The molecule has 0 unspecified atom stereocenters. The Balaban J connectivity index is 2.41. The second-order valence-electron chi connectivity index (χ2n) is 4.28. The molecule has 0 aromatic heterocycles. The Morgan fingerprint density at radius 3 is 2.62 bits per heavy atom. The van der Waals surface area contributed by atoms with Crippen molar-refractivity contribution in [2.75, 3.05) is 25.1 Å². The average Bonchev–Trinajstić information content (AvgIpc) is 2.29. The molecule has 2 nitrogen and oxygen atoms in total. The number of para-hydroxylation sites is 1. The van der Waals surface area contributed by atoms with Crippen LogP contribution in [0.2, 0.25) is 0 Å². The molecule has 1 aromatic rings. The van der Waals surface area contributed by atoms with Crippen LogP contribution in [0, 0.1) is 0 Å². The second kappa shape index (κ2) is 7.29. The summed E-state index contributed by atoms with van der Waals surface area (Å²) in [7, 11) is 0. The molecule has 0 heterocycles. The minimum atomic E-state index is 0.556. The number of hydrogen-bond donors (Lipinski definition) is 1. The average molecular weight is 221 g/mol. The molecule has 1 rings (SSSR count). The molecule has 90 valence electrons. The second-order valence-corrected chi connectivity index (χ2v) is 4.28. The molecule has 2 heteroatoms. The van der Waals surface area contributed by atoms with E-state index in [0.29, 0.717) is 5.92 Å². The van der Waals surface area contributed by atoms with Crippen LogP contribution in [0.25, 0.3) is 0 Å². The van der Waals surface area contributed by atoms with Crippen molar-refractivity contribution in [3.05, 3.63) is 29.8 Å². The first-order valence-corrected chi connectivity index (χ1v) is 6.16. The van der Waals surface area contributed by atoms with Gasteiger partial charge in [-0.3, -0.25) is 0 Å². The topological polar surface area (TPSA) is 21.3 Å².